The number of rotatable bonds is 3. The topological polar surface area (TPSA) is 80.4 Å². The van der Waals surface area contributed by atoms with Gasteiger partial charge in [0.15, 0.2) is 9.84 Å². The molecule has 0 saturated carbocycles. The van der Waals surface area contributed by atoms with E-state index in [1.54, 1.807) is 0 Å². The fraction of sp³-hybridized carbons (Fsp3) is 0.636. The summed E-state index contributed by atoms with van der Waals surface area (Å²) in [4.78, 5) is 0.840. The van der Waals surface area contributed by atoms with E-state index in [1.807, 2.05) is 18.4 Å². The van der Waals surface area contributed by atoms with E-state index in [0.717, 1.165) is 10.4 Å². The lowest BCUT2D eigenvalue weighted by molar-refractivity contribution is 0.0497. The number of aliphatic hydroxyl groups excluding tert-OH is 1. The first-order valence-electron chi connectivity index (χ1n) is 5.53. The van der Waals surface area contributed by atoms with Gasteiger partial charge in [0, 0.05) is 16.8 Å². The van der Waals surface area contributed by atoms with Gasteiger partial charge in [0.2, 0.25) is 0 Å². The molecule has 0 spiro atoms. The first-order valence-corrected chi connectivity index (χ1v) is 8.23. The summed E-state index contributed by atoms with van der Waals surface area (Å²) < 4.78 is 23.2. The zero-order valence-corrected chi connectivity index (χ0v) is 11.4. The third-order valence-corrected chi connectivity index (χ3v) is 6.47. The van der Waals surface area contributed by atoms with Gasteiger partial charge in [-0.1, -0.05) is 0 Å². The third-order valence-electron chi connectivity index (χ3n) is 3.55. The van der Waals surface area contributed by atoms with Crippen LogP contribution in [0.1, 0.15) is 23.0 Å². The normalized spacial score (nSPS) is 29.4. The highest BCUT2D eigenvalue weighted by molar-refractivity contribution is 7.91. The van der Waals surface area contributed by atoms with Crippen LogP contribution in [0.4, 0.5) is 0 Å². The van der Waals surface area contributed by atoms with Crippen molar-refractivity contribution in [2.24, 2.45) is 11.1 Å². The molecule has 1 aliphatic heterocycles. The van der Waals surface area contributed by atoms with E-state index >= 15 is 0 Å². The number of aliphatic hydroxyl groups is 1. The summed E-state index contributed by atoms with van der Waals surface area (Å²) in [5.41, 5.74) is 6.03. The van der Waals surface area contributed by atoms with Crippen molar-refractivity contribution >= 4 is 21.2 Å². The number of hydrogen-bond acceptors (Lipinski definition) is 5. The summed E-state index contributed by atoms with van der Waals surface area (Å²) in [6.07, 6.45) is -0.325. The zero-order valence-electron chi connectivity index (χ0n) is 9.72. The number of nitrogens with two attached hydrogens (primary N) is 1. The Bertz CT molecular complexity index is 509. The Balaban J connectivity index is 2.35. The average molecular weight is 275 g/mol. The highest BCUT2D eigenvalue weighted by atomic mass is 32.2. The van der Waals surface area contributed by atoms with Crippen LogP contribution in [-0.4, -0.2) is 31.6 Å². The maximum atomic E-state index is 11.6. The van der Waals surface area contributed by atoms with Crippen LogP contribution in [0.15, 0.2) is 11.4 Å². The molecule has 2 unspecified atom stereocenters. The van der Waals surface area contributed by atoms with E-state index in [2.05, 4.69) is 0 Å². The molecule has 17 heavy (non-hydrogen) atoms. The van der Waals surface area contributed by atoms with Gasteiger partial charge in [0.05, 0.1) is 17.6 Å². The smallest absolute Gasteiger partial charge is 0.151 e. The molecule has 2 atom stereocenters. The predicted molar refractivity (Wildman–Crippen MR) is 68.8 cm³/mol. The van der Waals surface area contributed by atoms with Crippen LogP contribution < -0.4 is 5.73 Å². The monoisotopic (exact) mass is 275 g/mol. The molecular weight excluding hydrogens is 258 g/mol. The molecule has 96 valence electrons. The molecule has 0 aromatic carbocycles. The molecule has 4 nitrogen and oxygen atoms in total. The Kier molecular flexibility index (Phi) is 3.33. The van der Waals surface area contributed by atoms with Gasteiger partial charge in [0.1, 0.15) is 0 Å². The van der Waals surface area contributed by atoms with Gasteiger partial charge in [-0.25, -0.2) is 8.42 Å². The lowest BCUT2D eigenvalue weighted by Crippen LogP contribution is -2.37. The maximum absolute atomic E-state index is 11.6. The quantitative estimate of drug-likeness (QED) is 0.857. The largest absolute Gasteiger partial charge is 0.387 e. The van der Waals surface area contributed by atoms with Crippen molar-refractivity contribution in [3.05, 3.63) is 21.9 Å². The molecule has 0 radical (unpaired) electrons. The number of sulfone groups is 1. The van der Waals surface area contributed by atoms with Gasteiger partial charge < -0.3 is 10.8 Å². The first kappa shape index (κ1) is 13.0. The standard InChI is InChI=1S/C11H17NO3S2/c1-8-2-4-16-9(8)10(13)11(6-12)3-5-17(14,15)7-11/h2,4,10,13H,3,5-7,12H2,1H3. The highest BCUT2D eigenvalue weighted by Crippen LogP contribution is 2.44. The highest BCUT2D eigenvalue weighted by Gasteiger charge is 2.47. The predicted octanol–water partition coefficient (Wildman–Crippen LogP) is 0.854. The van der Waals surface area contributed by atoms with Crippen LogP contribution >= 0.6 is 11.3 Å². The molecule has 1 aromatic heterocycles. The fourth-order valence-electron chi connectivity index (χ4n) is 2.37. The second kappa shape index (κ2) is 4.35. The molecule has 0 bridgehead atoms. The summed E-state index contributed by atoms with van der Waals surface area (Å²) in [7, 11) is -3.05. The van der Waals surface area contributed by atoms with Crippen molar-refractivity contribution in [2.75, 3.05) is 18.1 Å². The Morgan fingerprint density at radius 1 is 1.65 bits per heavy atom. The SMILES string of the molecule is Cc1ccsc1C(O)C1(CN)CCS(=O)(=O)C1. The molecule has 3 N–H and O–H groups in total. The van der Waals surface area contributed by atoms with Crippen molar-refractivity contribution in [2.45, 2.75) is 19.4 Å². The first-order chi connectivity index (χ1) is 7.90. The Morgan fingerprint density at radius 2 is 2.35 bits per heavy atom. The minimum Gasteiger partial charge on any atom is -0.387 e. The summed E-state index contributed by atoms with van der Waals surface area (Å²) in [5.74, 6) is 0.126. The Labute approximate surface area is 105 Å². The minimum absolute atomic E-state index is 0.00495. The van der Waals surface area contributed by atoms with E-state index in [-0.39, 0.29) is 18.1 Å². The van der Waals surface area contributed by atoms with Gasteiger partial charge in [-0.2, -0.15) is 0 Å². The maximum Gasteiger partial charge on any atom is 0.151 e. The van der Waals surface area contributed by atoms with Crippen LogP contribution in [0.25, 0.3) is 0 Å². The Hall–Kier alpha value is -0.430. The second-order valence-electron chi connectivity index (χ2n) is 4.78. The number of hydrogen-bond donors (Lipinski definition) is 2. The Morgan fingerprint density at radius 3 is 2.76 bits per heavy atom. The number of thiophene rings is 1. The van der Waals surface area contributed by atoms with E-state index < -0.39 is 21.4 Å². The van der Waals surface area contributed by atoms with Gasteiger partial charge in [-0.3, -0.25) is 0 Å². The molecule has 2 heterocycles. The van der Waals surface area contributed by atoms with E-state index in [1.165, 1.54) is 11.3 Å². The molecule has 1 aliphatic rings. The molecule has 0 aliphatic carbocycles. The van der Waals surface area contributed by atoms with E-state index in [0.29, 0.717) is 6.42 Å². The molecular formula is C11H17NO3S2. The summed E-state index contributed by atoms with van der Waals surface area (Å²) in [6, 6.07) is 1.93. The molecule has 6 heteroatoms. The molecule has 0 amide bonds. The third kappa shape index (κ3) is 2.27. The molecule has 2 rings (SSSR count). The van der Waals surface area contributed by atoms with Gasteiger partial charge in [-0.05, 0) is 30.4 Å². The van der Waals surface area contributed by atoms with E-state index in [9.17, 15) is 13.5 Å². The second-order valence-corrected chi connectivity index (χ2v) is 7.91. The van der Waals surface area contributed by atoms with Crippen molar-refractivity contribution in [3.63, 3.8) is 0 Å². The van der Waals surface area contributed by atoms with Crippen molar-refractivity contribution in [3.8, 4) is 0 Å². The zero-order chi connectivity index (χ0) is 12.7. The molecule has 1 aromatic rings. The molecule has 1 fully saturated rings. The van der Waals surface area contributed by atoms with Gasteiger partial charge in [-0.15, -0.1) is 11.3 Å². The van der Waals surface area contributed by atoms with Crippen molar-refractivity contribution in [1.82, 2.24) is 0 Å². The minimum atomic E-state index is -3.05. The molecule has 1 saturated heterocycles. The summed E-state index contributed by atoms with van der Waals surface area (Å²) in [5, 5.41) is 12.3. The van der Waals surface area contributed by atoms with Crippen LogP contribution in [0, 0.1) is 12.3 Å². The van der Waals surface area contributed by atoms with E-state index in [4.69, 9.17) is 5.73 Å². The van der Waals surface area contributed by atoms with Crippen LogP contribution in [0.2, 0.25) is 0 Å². The number of aryl methyl sites for hydroxylation is 1. The fourth-order valence-corrected chi connectivity index (χ4v) is 5.58. The van der Waals surface area contributed by atoms with Crippen LogP contribution in [-0.2, 0) is 9.84 Å². The van der Waals surface area contributed by atoms with Gasteiger partial charge in [0.25, 0.3) is 0 Å². The summed E-state index contributed by atoms with van der Waals surface area (Å²) in [6.45, 7) is 2.12. The lowest BCUT2D eigenvalue weighted by Gasteiger charge is -2.31. The van der Waals surface area contributed by atoms with Crippen LogP contribution in [0.3, 0.4) is 0 Å². The van der Waals surface area contributed by atoms with Crippen LogP contribution in [0.5, 0.6) is 0 Å². The summed E-state index contributed by atoms with van der Waals surface area (Å²) >= 11 is 1.46. The van der Waals surface area contributed by atoms with Crippen molar-refractivity contribution < 1.29 is 13.5 Å². The average Bonchev–Trinajstić information content (AvgIpc) is 2.82. The lowest BCUT2D eigenvalue weighted by atomic mass is 9.80. The van der Waals surface area contributed by atoms with Crippen molar-refractivity contribution in [1.29, 1.82) is 0 Å². The van der Waals surface area contributed by atoms with Gasteiger partial charge >= 0.3 is 0 Å².